The van der Waals surface area contributed by atoms with Gasteiger partial charge >= 0.3 is 0 Å². The maximum Gasteiger partial charge on any atom is 0.0591 e. The van der Waals surface area contributed by atoms with E-state index in [0.717, 1.165) is 5.75 Å². The molecule has 2 nitrogen and oxygen atoms in total. The molecule has 1 rings (SSSR count). The first-order valence-electron chi connectivity index (χ1n) is 4.50. The minimum absolute atomic E-state index is 0.120. The van der Waals surface area contributed by atoms with E-state index in [2.05, 4.69) is 17.3 Å². The topological polar surface area (TPSA) is 32.6 Å². The van der Waals surface area contributed by atoms with Gasteiger partial charge in [-0.1, -0.05) is 30.3 Å². The molecule has 76 valence electrons. The second-order valence-corrected chi connectivity index (χ2v) is 5.25. The minimum Gasteiger partial charge on any atom is -0.411 e. The molecule has 14 heavy (non-hydrogen) atoms. The highest BCUT2D eigenvalue weighted by Gasteiger charge is 2.15. The van der Waals surface area contributed by atoms with Gasteiger partial charge in [0.05, 0.1) is 6.21 Å². The summed E-state index contributed by atoms with van der Waals surface area (Å²) < 4.78 is -0.120. The van der Waals surface area contributed by atoms with Crippen LogP contribution in [0.3, 0.4) is 0 Å². The van der Waals surface area contributed by atoms with E-state index in [1.165, 1.54) is 5.56 Å². The summed E-state index contributed by atoms with van der Waals surface area (Å²) in [6.07, 6.45) is 1.56. The average molecular weight is 209 g/mol. The molecule has 0 aliphatic carbocycles. The molecule has 0 amide bonds. The molecule has 0 spiro atoms. The molecule has 1 aromatic rings. The van der Waals surface area contributed by atoms with Gasteiger partial charge in [0.25, 0.3) is 0 Å². The number of thioether (sulfide) groups is 1. The minimum atomic E-state index is -0.120. The molecule has 0 unspecified atom stereocenters. The van der Waals surface area contributed by atoms with Crippen molar-refractivity contribution in [3.05, 3.63) is 35.9 Å². The molecule has 0 heterocycles. The molecule has 0 aliphatic heterocycles. The van der Waals surface area contributed by atoms with Crippen LogP contribution in [0.25, 0.3) is 0 Å². The van der Waals surface area contributed by atoms with Crippen LogP contribution in [0, 0.1) is 0 Å². The normalized spacial score (nSPS) is 12.1. The Kier molecular flexibility index (Phi) is 4.01. The molecule has 3 heteroatoms. The lowest BCUT2D eigenvalue weighted by molar-refractivity contribution is 0.319. The summed E-state index contributed by atoms with van der Waals surface area (Å²) in [5, 5.41) is 11.5. The Bertz CT molecular complexity index is 295. The SMILES string of the molecule is CC(C)(C=NO)SCc1ccccc1. The maximum atomic E-state index is 8.46. The Morgan fingerprint density at radius 3 is 2.57 bits per heavy atom. The van der Waals surface area contributed by atoms with Gasteiger partial charge in [-0.3, -0.25) is 0 Å². The van der Waals surface area contributed by atoms with Gasteiger partial charge < -0.3 is 5.21 Å². The lowest BCUT2D eigenvalue weighted by Crippen LogP contribution is -2.16. The van der Waals surface area contributed by atoms with Gasteiger partial charge in [0.1, 0.15) is 0 Å². The van der Waals surface area contributed by atoms with E-state index >= 15 is 0 Å². The van der Waals surface area contributed by atoms with Crippen LogP contribution in [0.5, 0.6) is 0 Å². The molecule has 1 aromatic carbocycles. The standard InChI is InChI=1S/C11H15NOS/c1-11(2,9-12-13)14-8-10-6-4-3-5-7-10/h3-7,9,13H,8H2,1-2H3. The third kappa shape index (κ3) is 3.83. The van der Waals surface area contributed by atoms with Crippen LogP contribution < -0.4 is 0 Å². The highest BCUT2D eigenvalue weighted by atomic mass is 32.2. The molecule has 0 radical (unpaired) electrons. The molecule has 0 bridgehead atoms. The van der Waals surface area contributed by atoms with E-state index in [9.17, 15) is 0 Å². The summed E-state index contributed by atoms with van der Waals surface area (Å²) in [6, 6.07) is 10.3. The van der Waals surface area contributed by atoms with Crippen molar-refractivity contribution < 1.29 is 5.21 Å². The van der Waals surface area contributed by atoms with Gasteiger partial charge in [-0.2, -0.15) is 0 Å². The van der Waals surface area contributed by atoms with E-state index in [4.69, 9.17) is 5.21 Å². The largest absolute Gasteiger partial charge is 0.411 e. The van der Waals surface area contributed by atoms with E-state index in [-0.39, 0.29) is 4.75 Å². The third-order valence-electron chi connectivity index (χ3n) is 1.82. The Morgan fingerprint density at radius 2 is 2.00 bits per heavy atom. The van der Waals surface area contributed by atoms with Gasteiger partial charge in [-0.15, -0.1) is 16.9 Å². The number of rotatable bonds is 4. The summed E-state index contributed by atoms with van der Waals surface area (Å²) in [7, 11) is 0. The van der Waals surface area contributed by atoms with Crippen molar-refractivity contribution in [1.29, 1.82) is 0 Å². The lowest BCUT2D eigenvalue weighted by Gasteiger charge is -2.17. The molecule has 0 saturated heterocycles. The predicted octanol–water partition coefficient (Wildman–Crippen LogP) is 3.16. The summed E-state index contributed by atoms with van der Waals surface area (Å²) in [6.45, 7) is 4.06. The van der Waals surface area contributed by atoms with Gasteiger partial charge in [0.15, 0.2) is 0 Å². The van der Waals surface area contributed by atoms with Gasteiger partial charge in [-0.05, 0) is 19.4 Å². The molecular weight excluding hydrogens is 194 g/mol. The summed E-state index contributed by atoms with van der Waals surface area (Å²) >= 11 is 1.75. The first-order chi connectivity index (χ1) is 6.64. The quantitative estimate of drug-likeness (QED) is 0.469. The van der Waals surface area contributed by atoms with Crippen molar-refractivity contribution in [2.75, 3.05) is 0 Å². The lowest BCUT2D eigenvalue weighted by atomic mass is 10.2. The molecule has 0 fully saturated rings. The van der Waals surface area contributed by atoms with Crippen LogP contribution in [0.15, 0.2) is 35.5 Å². The van der Waals surface area contributed by atoms with E-state index < -0.39 is 0 Å². The van der Waals surface area contributed by atoms with Gasteiger partial charge in [0, 0.05) is 10.5 Å². The fraction of sp³-hybridized carbons (Fsp3) is 0.364. The predicted molar refractivity (Wildman–Crippen MR) is 62.1 cm³/mol. The average Bonchev–Trinajstić information content (AvgIpc) is 2.17. The van der Waals surface area contributed by atoms with Crippen molar-refractivity contribution in [1.82, 2.24) is 0 Å². The Hall–Kier alpha value is -0.960. The summed E-state index contributed by atoms with van der Waals surface area (Å²) in [5.74, 6) is 0.930. The van der Waals surface area contributed by atoms with Crippen molar-refractivity contribution in [2.45, 2.75) is 24.3 Å². The van der Waals surface area contributed by atoms with Crippen LogP contribution in [0.2, 0.25) is 0 Å². The first kappa shape index (κ1) is 11.1. The second kappa shape index (κ2) is 5.05. The molecule has 0 atom stereocenters. The van der Waals surface area contributed by atoms with Crippen LogP contribution in [0.4, 0.5) is 0 Å². The van der Waals surface area contributed by atoms with Gasteiger partial charge in [-0.25, -0.2) is 0 Å². The second-order valence-electron chi connectivity index (χ2n) is 3.62. The van der Waals surface area contributed by atoms with Crippen LogP contribution in [-0.4, -0.2) is 16.2 Å². The van der Waals surface area contributed by atoms with Crippen molar-refractivity contribution in [2.24, 2.45) is 5.16 Å². The maximum absolute atomic E-state index is 8.46. The molecule has 0 aromatic heterocycles. The van der Waals surface area contributed by atoms with Crippen LogP contribution >= 0.6 is 11.8 Å². The van der Waals surface area contributed by atoms with E-state index in [1.807, 2.05) is 32.0 Å². The molecule has 0 saturated carbocycles. The number of hydrogen-bond donors (Lipinski definition) is 1. The van der Waals surface area contributed by atoms with Crippen LogP contribution in [-0.2, 0) is 5.75 Å². The van der Waals surface area contributed by atoms with Crippen molar-refractivity contribution in [3.8, 4) is 0 Å². The monoisotopic (exact) mass is 209 g/mol. The van der Waals surface area contributed by atoms with Gasteiger partial charge in [0.2, 0.25) is 0 Å². The van der Waals surface area contributed by atoms with Crippen molar-refractivity contribution in [3.63, 3.8) is 0 Å². The number of benzene rings is 1. The zero-order chi connectivity index (χ0) is 10.4. The highest BCUT2D eigenvalue weighted by molar-refractivity contribution is 8.00. The number of nitrogens with zero attached hydrogens (tertiary/aromatic N) is 1. The zero-order valence-corrected chi connectivity index (χ0v) is 9.29. The fourth-order valence-corrected chi connectivity index (χ4v) is 1.87. The Morgan fingerprint density at radius 1 is 1.36 bits per heavy atom. The van der Waals surface area contributed by atoms with Crippen molar-refractivity contribution >= 4 is 18.0 Å². The third-order valence-corrected chi connectivity index (χ3v) is 3.15. The summed E-state index contributed by atoms with van der Waals surface area (Å²) in [4.78, 5) is 0. The van der Waals surface area contributed by atoms with E-state index in [1.54, 1.807) is 18.0 Å². The Labute approximate surface area is 89.0 Å². The number of hydrogen-bond acceptors (Lipinski definition) is 3. The highest BCUT2D eigenvalue weighted by Crippen LogP contribution is 2.26. The summed E-state index contributed by atoms with van der Waals surface area (Å²) in [5.41, 5.74) is 1.29. The number of oxime groups is 1. The molecular formula is C11H15NOS. The first-order valence-corrected chi connectivity index (χ1v) is 5.49. The smallest absolute Gasteiger partial charge is 0.0591 e. The molecule has 0 aliphatic rings. The molecule has 1 N–H and O–H groups in total. The Balaban J connectivity index is 2.49. The fourth-order valence-electron chi connectivity index (χ4n) is 1.02. The van der Waals surface area contributed by atoms with Crippen LogP contribution in [0.1, 0.15) is 19.4 Å². The zero-order valence-electron chi connectivity index (χ0n) is 8.47. The van der Waals surface area contributed by atoms with E-state index in [0.29, 0.717) is 0 Å².